The normalized spacial score (nSPS) is 15.9. The van der Waals surface area contributed by atoms with Gasteiger partial charge in [0, 0.05) is 50.7 Å². The maximum Gasteiger partial charge on any atom is 0.223 e. The van der Waals surface area contributed by atoms with E-state index < -0.39 is 0 Å². The Balaban J connectivity index is 1.35. The van der Waals surface area contributed by atoms with Crippen molar-refractivity contribution in [3.63, 3.8) is 0 Å². The number of nitrogens with zero attached hydrogens (tertiary/aromatic N) is 5. The summed E-state index contributed by atoms with van der Waals surface area (Å²) in [7, 11) is 0. The van der Waals surface area contributed by atoms with Gasteiger partial charge < -0.3 is 9.80 Å². The van der Waals surface area contributed by atoms with E-state index in [0.29, 0.717) is 55.4 Å². The second-order valence-electron chi connectivity index (χ2n) is 11.5. The lowest BCUT2D eigenvalue weighted by Crippen LogP contribution is -2.55. The Bertz CT molecular complexity index is 1330. The number of thioether (sulfide) groups is 1. The highest BCUT2D eigenvalue weighted by atomic mass is 35.5. The number of rotatable bonds is 9. The number of benzene rings is 2. The molecule has 4 rings (SSSR count). The van der Waals surface area contributed by atoms with Crippen LogP contribution in [-0.4, -0.2) is 67.8 Å². The van der Waals surface area contributed by atoms with Gasteiger partial charge in [-0.1, -0.05) is 86.1 Å². The lowest BCUT2D eigenvalue weighted by atomic mass is 9.91. The fourth-order valence-corrected chi connectivity index (χ4v) is 6.03. The molecule has 0 radical (unpaired) electrons. The predicted octanol–water partition coefficient (Wildman–Crippen LogP) is 6.53. The van der Waals surface area contributed by atoms with Crippen molar-refractivity contribution in [3.8, 4) is 5.69 Å². The highest BCUT2D eigenvalue weighted by Crippen LogP contribution is 2.29. The van der Waals surface area contributed by atoms with E-state index in [2.05, 4.69) is 43.1 Å². The number of halogens is 2. The van der Waals surface area contributed by atoms with Crippen molar-refractivity contribution in [2.75, 3.05) is 25.4 Å². The Kier molecular flexibility index (Phi) is 10.2. The summed E-state index contributed by atoms with van der Waals surface area (Å²) in [6.45, 7) is 10.0. The van der Waals surface area contributed by atoms with Crippen molar-refractivity contribution in [2.45, 2.75) is 64.6 Å². The molecule has 10 heteroatoms. The van der Waals surface area contributed by atoms with E-state index in [1.165, 1.54) is 0 Å². The number of amides is 2. The fourth-order valence-electron chi connectivity index (χ4n) is 4.83. The van der Waals surface area contributed by atoms with Crippen molar-refractivity contribution < 1.29 is 9.59 Å². The molecule has 0 saturated carbocycles. The molecular formula is C30H37Cl2N5O2S. The van der Waals surface area contributed by atoms with Gasteiger partial charge in [-0.15, -0.1) is 10.2 Å². The van der Waals surface area contributed by atoms with Gasteiger partial charge in [0.1, 0.15) is 5.82 Å². The highest BCUT2D eigenvalue weighted by molar-refractivity contribution is 7.99. The van der Waals surface area contributed by atoms with Crippen LogP contribution >= 0.6 is 35.0 Å². The van der Waals surface area contributed by atoms with E-state index >= 15 is 0 Å². The third-order valence-electron chi connectivity index (χ3n) is 6.82. The Morgan fingerprint density at radius 3 is 2.42 bits per heavy atom. The van der Waals surface area contributed by atoms with Crippen molar-refractivity contribution >= 4 is 46.8 Å². The number of aromatic nitrogens is 3. The molecule has 1 saturated heterocycles. The summed E-state index contributed by atoms with van der Waals surface area (Å²) < 4.78 is 2.01. The largest absolute Gasteiger partial charge is 0.339 e. The zero-order chi connectivity index (χ0) is 28.9. The molecule has 1 aromatic heterocycles. The van der Waals surface area contributed by atoms with E-state index in [-0.39, 0.29) is 23.3 Å². The van der Waals surface area contributed by atoms with E-state index in [9.17, 15) is 9.59 Å². The molecule has 0 N–H and O–H groups in total. The highest BCUT2D eigenvalue weighted by Gasteiger charge is 2.31. The second kappa shape index (κ2) is 13.4. The fraction of sp³-hybridized carbons (Fsp3) is 0.467. The second-order valence-corrected chi connectivity index (χ2v) is 13.3. The standard InChI is InChI=1S/C30H37Cl2N5O2S/c1-21-20-35(14-15-36(21)28(39)19-30(2,3)4)27(38)11-8-16-40-29-34-33-26(17-22-9-6-5-7-10-22)37(29)23-12-13-24(31)25(32)18-23/h5-7,9-10,12-13,18,21H,8,11,14-17,19-20H2,1-4H3. The Morgan fingerprint density at radius 1 is 1.00 bits per heavy atom. The Morgan fingerprint density at radius 2 is 1.75 bits per heavy atom. The minimum atomic E-state index is -0.0478. The number of piperazine rings is 1. The molecule has 1 aliphatic rings. The first-order valence-corrected chi connectivity index (χ1v) is 15.4. The van der Waals surface area contributed by atoms with Gasteiger partial charge in [0.2, 0.25) is 11.8 Å². The van der Waals surface area contributed by atoms with Crippen LogP contribution in [0.3, 0.4) is 0 Å². The summed E-state index contributed by atoms with van der Waals surface area (Å²) in [4.78, 5) is 29.5. The van der Waals surface area contributed by atoms with Crippen LogP contribution in [0, 0.1) is 5.41 Å². The van der Waals surface area contributed by atoms with Gasteiger partial charge in [0.25, 0.3) is 0 Å². The molecule has 2 amide bonds. The van der Waals surface area contributed by atoms with Crippen molar-refractivity contribution in [1.29, 1.82) is 0 Å². The molecule has 0 spiro atoms. The Hall–Kier alpha value is -2.55. The molecule has 0 bridgehead atoms. The average molecular weight is 603 g/mol. The maximum absolute atomic E-state index is 13.0. The number of hydrogen-bond acceptors (Lipinski definition) is 5. The third kappa shape index (κ3) is 8.02. The van der Waals surface area contributed by atoms with E-state index in [1.54, 1.807) is 17.8 Å². The molecule has 2 heterocycles. The zero-order valence-corrected chi connectivity index (χ0v) is 25.9. The molecule has 7 nitrogen and oxygen atoms in total. The summed E-state index contributed by atoms with van der Waals surface area (Å²) >= 11 is 14.1. The van der Waals surface area contributed by atoms with Crippen LogP contribution < -0.4 is 0 Å². The van der Waals surface area contributed by atoms with E-state index in [0.717, 1.165) is 28.0 Å². The maximum atomic E-state index is 13.0. The number of hydrogen-bond donors (Lipinski definition) is 0. The SMILES string of the molecule is CC1CN(C(=O)CCCSc2nnc(Cc3ccccc3)n2-c2ccc(Cl)c(Cl)c2)CCN1C(=O)CC(C)(C)C. The molecular weight excluding hydrogens is 565 g/mol. The lowest BCUT2D eigenvalue weighted by molar-refractivity contribution is -0.143. The lowest BCUT2D eigenvalue weighted by Gasteiger charge is -2.41. The molecule has 40 heavy (non-hydrogen) atoms. The predicted molar refractivity (Wildman–Crippen MR) is 162 cm³/mol. The summed E-state index contributed by atoms with van der Waals surface area (Å²) in [5, 5.41) is 10.7. The molecule has 1 unspecified atom stereocenters. The van der Waals surface area contributed by atoms with Gasteiger partial charge in [-0.25, -0.2) is 0 Å². The van der Waals surface area contributed by atoms with Crippen LogP contribution in [0.1, 0.15) is 58.3 Å². The first-order valence-electron chi connectivity index (χ1n) is 13.7. The molecule has 0 aliphatic carbocycles. The first kappa shape index (κ1) is 30.4. The van der Waals surface area contributed by atoms with Crippen LogP contribution in [0.15, 0.2) is 53.7 Å². The smallest absolute Gasteiger partial charge is 0.223 e. The molecule has 2 aromatic carbocycles. The quantitative estimate of drug-likeness (QED) is 0.206. The van der Waals surface area contributed by atoms with Crippen molar-refractivity contribution in [3.05, 3.63) is 70.0 Å². The van der Waals surface area contributed by atoms with Crippen LogP contribution in [0.2, 0.25) is 10.0 Å². The van der Waals surface area contributed by atoms with Crippen LogP contribution in [0.5, 0.6) is 0 Å². The number of carbonyl (C=O) groups excluding carboxylic acids is 2. The topological polar surface area (TPSA) is 71.3 Å². The average Bonchev–Trinajstić information content (AvgIpc) is 3.29. The van der Waals surface area contributed by atoms with Crippen LogP contribution in [0.25, 0.3) is 5.69 Å². The van der Waals surface area contributed by atoms with Gasteiger partial charge >= 0.3 is 0 Å². The third-order valence-corrected chi connectivity index (χ3v) is 8.57. The summed E-state index contributed by atoms with van der Waals surface area (Å²) in [6.07, 6.45) is 2.30. The molecule has 3 aromatic rings. The molecule has 214 valence electrons. The van der Waals surface area contributed by atoms with Gasteiger partial charge in [0.15, 0.2) is 5.16 Å². The van der Waals surface area contributed by atoms with Crippen molar-refractivity contribution in [1.82, 2.24) is 24.6 Å². The van der Waals surface area contributed by atoms with Gasteiger partial charge in [-0.2, -0.15) is 0 Å². The summed E-state index contributed by atoms with van der Waals surface area (Å²) in [5.74, 6) is 1.82. The van der Waals surface area contributed by atoms with Gasteiger partial charge in [-0.05, 0) is 42.5 Å². The van der Waals surface area contributed by atoms with Crippen LogP contribution in [-0.2, 0) is 16.0 Å². The zero-order valence-electron chi connectivity index (χ0n) is 23.6. The summed E-state index contributed by atoms with van der Waals surface area (Å²) in [6, 6.07) is 15.7. The van der Waals surface area contributed by atoms with E-state index in [1.807, 2.05) is 51.6 Å². The monoisotopic (exact) mass is 601 g/mol. The number of carbonyl (C=O) groups is 2. The minimum Gasteiger partial charge on any atom is -0.339 e. The first-order chi connectivity index (χ1) is 19.0. The molecule has 1 atom stereocenters. The van der Waals surface area contributed by atoms with Crippen molar-refractivity contribution in [2.24, 2.45) is 5.41 Å². The minimum absolute atomic E-state index is 0.0229. The van der Waals surface area contributed by atoms with E-state index in [4.69, 9.17) is 23.2 Å². The van der Waals surface area contributed by atoms with Gasteiger partial charge in [0.05, 0.1) is 15.7 Å². The molecule has 1 fully saturated rings. The Labute approximate surface area is 251 Å². The van der Waals surface area contributed by atoms with Crippen LogP contribution in [0.4, 0.5) is 0 Å². The molecule has 1 aliphatic heterocycles. The summed E-state index contributed by atoms with van der Waals surface area (Å²) in [5.41, 5.74) is 1.93. The van der Waals surface area contributed by atoms with Gasteiger partial charge in [-0.3, -0.25) is 14.2 Å².